The third-order valence-corrected chi connectivity index (χ3v) is 4.13. The smallest absolute Gasteiger partial charge is 0.127 e. The third kappa shape index (κ3) is 4.11. The zero-order valence-electron chi connectivity index (χ0n) is 11.1. The molecule has 2 aromatic heterocycles. The van der Waals surface area contributed by atoms with Crippen molar-refractivity contribution in [3.05, 3.63) is 39.7 Å². The van der Waals surface area contributed by atoms with Gasteiger partial charge in [0.05, 0.1) is 10.4 Å². The Hall–Kier alpha value is -1.26. The standard InChI is InChI=1S/C14H18ClN3S/c1-3-7-16-14-9-11(6-8-17-14)18-10(2)12-4-5-13(15)19-12/h4-6,8-10H,3,7H2,1-2H3,(H2,16,17,18). The van der Waals surface area contributed by atoms with Crippen molar-refractivity contribution in [1.82, 2.24) is 4.98 Å². The van der Waals surface area contributed by atoms with Gasteiger partial charge in [0, 0.05) is 29.4 Å². The first kappa shape index (κ1) is 14.2. The predicted molar refractivity (Wildman–Crippen MR) is 84.4 cm³/mol. The van der Waals surface area contributed by atoms with Gasteiger partial charge in [-0.25, -0.2) is 4.98 Å². The summed E-state index contributed by atoms with van der Waals surface area (Å²) in [7, 11) is 0. The first-order valence-corrected chi connectivity index (χ1v) is 7.60. The topological polar surface area (TPSA) is 37.0 Å². The summed E-state index contributed by atoms with van der Waals surface area (Å²) in [6.07, 6.45) is 2.90. The summed E-state index contributed by atoms with van der Waals surface area (Å²) in [5, 5.41) is 6.74. The molecule has 5 heteroatoms. The first-order chi connectivity index (χ1) is 9.19. The van der Waals surface area contributed by atoms with Gasteiger partial charge in [0.1, 0.15) is 5.82 Å². The van der Waals surface area contributed by atoms with Crippen LogP contribution in [0.4, 0.5) is 11.5 Å². The van der Waals surface area contributed by atoms with Gasteiger partial charge < -0.3 is 10.6 Å². The van der Waals surface area contributed by atoms with E-state index in [0.29, 0.717) is 0 Å². The average molecular weight is 296 g/mol. The van der Waals surface area contributed by atoms with Gasteiger partial charge in [0.2, 0.25) is 0 Å². The van der Waals surface area contributed by atoms with E-state index in [1.54, 1.807) is 11.3 Å². The molecule has 2 aromatic rings. The van der Waals surface area contributed by atoms with Crippen LogP contribution in [-0.4, -0.2) is 11.5 Å². The van der Waals surface area contributed by atoms with Gasteiger partial charge in [-0.1, -0.05) is 18.5 Å². The highest BCUT2D eigenvalue weighted by Crippen LogP contribution is 2.29. The van der Waals surface area contributed by atoms with E-state index in [2.05, 4.69) is 35.5 Å². The molecular weight excluding hydrogens is 278 g/mol. The second-order valence-corrected chi connectivity index (χ2v) is 6.11. The van der Waals surface area contributed by atoms with Crippen molar-refractivity contribution in [2.75, 3.05) is 17.2 Å². The molecule has 0 aliphatic heterocycles. The molecule has 19 heavy (non-hydrogen) atoms. The van der Waals surface area contributed by atoms with Crippen LogP contribution in [0.5, 0.6) is 0 Å². The van der Waals surface area contributed by atoms with Crippen LogP contribution in [0.2, 0.25) is 4.34 Å². The van der Waals surface area contributed by atoms with Crippen LogP contribution in [0.1, 0.15) is 31.2 Å². The number of hydrogen-bond donors (Lipinski definition) is 2. The Morgan fingerprint density at radius 2 is 2.21 bits per heavy atom. The number of nitrogens with one attached hydrogen (secondary N) is 2. The molecule has 0 radical (unpaired) electrons. The zero-order valence-corrected chi connectivity index (χ0v) is 12.7. The second-order valence-electron chi connectivity index (χ2n) is 4.36. The first-order valence-electron chi connectivity index (χ1n) is 6.40. The highest BCUT2D eigenvalue weighted by molar-refractivity contribution is 7.16. The van der Waals surface area contributed by atoms with Crippen LogP contribution in [-0.2, 0) is 0 Å². The maximum Gasteiger partial charge on any atom is 0.127 e. The molecule has 0 bridgehead atoms. The van der Waals surface area contributed by atoms with E-state index in [9.17, 15) is 0 Å². The fraction of sp³-hybridized carbons (Fsp3) is 0.357. The molecule has 1 atom stereocenters. The molecule has 1 unspecified atom stereocenters. The number of thiophene rings is 1. The van der Waals surface area contributed by atoms with E-state index in [1.807, 2.05) is 24.4 Å². The molecule has 2 rings (SSSR count). The lowest BCUT2D eigenvalue weighted by Crippen LogP contribution is -2.06. The van der Waals surface area contributed by atoms with Gasteiger partial charge in [0.15, 0.2) is 0 Å². The van der Waals surface area contributed by atoms with Gasteiger partial charge in [-0.2, -0.15) is 0 Å². The van der Waals surface area contributed by atoms with Gasteiger partial charge >= 0.3 is 0 Å². The SMILES string of the molecule is CCCNc1cc(NC(C)c2ccc(Cl)s2)ccn1. The lowest BCUT2D eigenvalue weighted by atomic mass is 10.2. The van der Waals surface area contributed by atoms with Crippen LogP contribution in [0.25, 0.3) is 0 Å². The minimum atomic E-state index is 0.235. The Morgan fingerprint density at radius 3 is 2.89 bits per heavy atom. The monoisotopic (exact) mass is 295 g/mol. The summed E-state index contributed by atoms with van der Waals surface area (Å²) in [5.41, 5.74) is 1.06. The Bertz CT molecular complexity index is 527. The Morgan fingerprint density at radius 1 is 1.37 bits per heavy atom. The largest absolute Gasteiger partial charge is 0.378 e. The van der Waals surface area contributed by atoms with Crippen molar-refractivity contribution in [2.24, 2.45) is 0 Å². The molecule has 0 fully saturated rings. The van der Waals surface area contributed by atoms with Crippen molar-refractivity contribution in [2.45, 2.75) is 26.3 Å². The molecule has 0 saturated carbocycles. The molecule has 2 N–H and O–H groups in total. The van der Waals surface area contributed by atoms with Crippen LogP contribution in [0.3, 0.4) is 0 Å². The maximum absolute atomic E-state index is 5.96. The number of rotatable bonds is 6. The lowest BCUT2D eigenvalue weighted by molar-refractivity contribution is 0.906. The van der Waals surface area contributed by atoms with Gasteiger partial charge in [-0.05, 0) is 31.5 Å². The number of hydrogen-bond acceptors (Lipinski definition) is 4. The summed E-state index contributed by atoms with van der Waals surface area (Å²) in [5.74, 6) is 0.906. The molecule has 2 heterocycles. The van der Waals surface area contributed by atoms with E-state index in [1.165, 1.54) is 4.88 Å². The van der Waals surface area contributed by atoms with Crippen molar-refractivity contribution < 1.29 is 0 Å². The fourth-order valence-electron chi connectivity index (χ4n) is 1.75. The molecule has 0 spiro atoms. The summed E-state index contributed by atoms with van der Waals surface area (Å²) in [6, 6.07) is 8.23. The van der Waals surface area contributed by atoms with Crippen LogP contribution >= 0.6 is 22.9 Å². The molecule has 0 amide bonds. The van der Waals surface area contributed by atoms with Gasteiger partial charge in [-0.15, -0.1) is 11.3 Å². The quantitative estimate of drug-likeness (QED) is 0.804. The van der Waals surface area contributed by atoms with E-state index >= 15 is 0 Å². The Kier molecular flexibility index (Phi) is 5.05. The highest BCUT2D eigenvalue weighted by Gasteiger charge is 2.08. The van der Waals surface area contributed by atoms with Crippen molar-refractivity contribution in [3.63, 3.8) is 0 Å². The Balaban J connectivity index is 2.02. The molecule has 102 valence electrons. The van der Waals surface area contributed by atoms with Gasteiger partial charge in [0.25, 0.3) is 0 Å². The minimum Gasteiger partial charge on any atom is -0.378 e. The van der Waals surface area contributed by atoms with Crippen LogP contribution in [0.15, 0.2) is 30.5 Å². The van der Waals surface area contributed by atoms with Crippen molar-refractivity contribution >= 4 is 34.4 Å². The summed E-state index contributed by atoms with van der Waals surface area (Å²) < 4.78 is 0.823. The normalized spacial score (nSPS) is 12.2. The van der Waals surface area contributed by atoms with E-state index < -0.39 is 0 Å². The molecule has 0 aliphatic rings. The van der Waals surface area contributed by atoms with E-state index in [0.717, 1.165) is 28.8 Å². The van der Waals surface area contributed by atoms with Crippen LogP contribution in [0, 0.1) is 0 Å². The molecule has 3 nitrogen and oxygen atoms in total. The number of halogens is 1. The summed E-state index contributed by atoms with van der Waals surface area (Å²) in [4.78, 5) is 5.52. The van der Waals surface area contributed by atoms with Crippen molar-refractivity contribution in [3.8, 4) is 0 Å². The zero-order chi connectivity index (χ0) is 13.7. The van der Waals surface area contributed by atoms with Crippen molar-refractivity contribution in [1.29, 1.82) is 0 Å². The maximum atomic E-state index is 5.96. The number of nitrogens with zero attached hydrogens (tertiary/aromatic N) is 1. The fourth-order valence-corrected chi connectivity index (χ4v) is 2.82. The Labute approximate surface area is 123 Å². The predicted octanol–water partition coefficient (Wildman–Crippen LogP) is 4.79. The molecule has 0 aliphatic carbocycles. The van der Waals surface area contributed by atoms with E-state index in [4.69, 9.17) is 11.6 Å². The highest BCUT2D eigenvalue weighted by atomic mass is 35.5. The summed E-state index contributed by atoms with van der Waals surface area (Å²) in [6.45, 7) is 5.20. The molecule has 0 aromatic carbocycles. The number of pyridine rings is 1. The number of aromatic nitrogens is 1. The molecule has 0 saturated heterocycles. The third-order valence-electron chi connectivity index (χ3n) is 2.72. The molecular formula is C14H18ClN3S. The number of anilines is 2. The van der Waals surface area contributed by atoms with E-state index in [-0.39, 0.29) is 6.04 Å². The van der Waals surface area contributed by atoms with Crippen LogP contribution < -0.4 is 10.6 Å². The minimum absolute atomic E-state index is 0.235. The lowest BCUT2D eigenvalue weighted by Gasteiger charge is -2.14. The average Bonchev–Trinajstić information content (AvgIpc) is 2.83. The van der Waals surface area contributed by atoms with Gasteiger partial charge in [-0.3, -0.25) is 0 Å². The second kappa shape index (κ2) is 6.78. The summed E-state index contributed by atoms with van der Waals surface area (Å²) >= 11 is 7.57.